The van der Waals surface area contributed by atoms with Crippen molar-refractivity contribution in [2.75, 3.05) is 5.32 Å². The molecule has 0 spiro atoms. The van der Waals surface area contributed by atoms with E-state index < -0.39 is 5.54 Å². The third-order valence-corrected chi connectivity index (χ3v) is 7.84. The Hall–Kier alpha value is -5.64. The normalized spacial score (nSPS) is 13.5. The molecule has 2 amide bonds. The lowest BCUT2D eigenvalue weighted by Crippen LogP contribution is -2.35. The van der Waals surface area contributed by atoms with Crippen LogP contribution in [-0.2, 0) is 5.54 Å². The first-order chi connectivity index (χ1) is 21.3. The average Bonchev–Trinajstić information content (AvgIpc) is 3.47. The molecule has 1 saturated carbocycles. The molecule has 9 nitrogen and oxygen atoms in total. The highest BCUT2D eigenvalue weighted by atomic mass is 19.1. The van der Waals surface area contributed by atoms with Gasteiger partial charge < -0.3 is 19.6 Å². The Balaban J connectivity index is 1.16. The summed E-state index contributed by atoms with van der Waals surface area (Å²) in [4.78, 5) is 35.5. The van der Waals surface area contributed by atoms with Gasteiger partial charge in [-0.05, 0) is 104 Å². The summed E-state index contributed by atoms with van der Waals surface area (Å²) >= 11 is 0. The molecule has 1 fully saturated rings. The number of nitrogens with zero attached hydrogens (tertiary/aromatic N) is 3. The van der Waals surface area contributed by atoms with E-state index in [0.717, 1.165) is 16.7 Å². The minimum absolute atomic E-state index is 0.263. The van der Waals surface area contributed by atoms with Crippen molar-refractivity contribution in [3.05, 3.63) is 119 Å². The summed E-state index contributed by atoms with van der Waals surface area (Å²) < 4.78 is 24.8. The van der Waals surface area contributed by atoms with Crippen molar-refractivity contribution in [3.63, 3.8) is 0 Å². The van der Waals surface area contributed by atoms with Gasteiger partial charge in [-0.3, -0.25) is 14.6 Å². The quantitative estimate of drug-likeness (QED) is 0.207. The Morgan fingerprint density at radius 1 is 0.932 bits per heavy atom. The van der Waals surface area contributed by atoms with Gasteiger partial charge in [0.05, 0.1) is 5.56 Å². The highest BCUT2D eigenvalue weighted by Crippen LogP contribution is 2.45. The second-order valence-electron chi connectivity index (χ2n) is 10.9. The second-order valence-corrected chi connectivity index (χ2v) is 10.9. The number of carbonyl (C=O) groups is 2. The number of pyridine rings is 1. The molecule has 44 heavy (non-hydrogen) atoms. The summed E-state index contributed by atoms with van der Waals surface area (Å²) in [5, 5.41) is 10.6. The molecule has 3 aromatic heterocycles. The Bertz CT molecular complexity index is 2050. The zero-order valence-electron chi connectivity index (χ0n) is 23.8. The SMILES string of the molecule is Cc1ccc(C(=O)NC2(c3nc(-c4ccccn4)no3)CC2)cc1-c1ccc2oc(C)c(C(=O)Nc3ccc(F)cc3)c2c1. The van der Waals surface area contributed by atoms with Crippen molar-refractivity contribution in [2.45, 2.75) is 32.2 Å². The molecule has 6 aromatic rings. The molecule has 0 saturated heterocycles. The maximum Gasteiger partial charge on any atom is 0.259 e. The van der Waals surface area contributed by atoms with E-state index in [-0.39, 0.29) is 17.6 Å². The molecule has 10 heteroatoms. The van der Waals surface area contributed by atoms with Gasteiger partial charge in [0, 0.05) is 22.8 Å². The third-order valence-electron chi connectivity index (χ3n) is 7.84. The summed E-state index contributed by atoms with van der Waals surface area (Å²) in [5.74, 6) is 0.169. The summed E-state index contributed by atoms with van der Waals surface area (Å²) in [6, 6.07) is 22.1. The first-order valence-corrected chi connectivity index (χ1v) is 14.1. The fraction of sp³-hybridized carbons (Fsp3) is 0.147. The largest absolute Gasteiger partial charge is 0.461 e. The van der Waals surface area contributed by atoms with E-state index in [1.54, 1.807) is 25.3 Å². The number of halogens is 1. The van der Waals surface area contributed by atoms with Crippen LogP contribution in [0.4, 0.5) is 10.1 Å². The summed E-state index contributed by atoms with van der Waals surface area (Å²) in [6.07, 6.45) is 3.02. The number of fused-ring (bicyclic) bond motifs is 1. The lowest BCUT2D eigenvalue weighted by molar-refractivity contribution is 0.0920. The first-order valence-electron chi connectivity index (χ1n) is 14.1. The lowest BCUT2D eigenvalue weighted by atomic mass is 9.96. The van der Waals surface area contributed by atoms with Crippen molar-refractivity contribution in [1.82, 2.24) is 20.4 Å². The van der Waals surface area contributed by atoms with E-state index >= 15 is 0 Å². The third kappa shape index (κ3) is 5.00. The predicted molar refractivity (Wildman–Crippen MR) is 161 cm³/mol. The molecule has 0 aliphatic heterocycles. The molecular weight excluding hydrogens is 561 g/mol. The smallest absolute Gasteiger partial charge is 0.259 e. The molecule has 0 unspecified atom stereocenters. The molecule has 3 heterocycles. The molecule has 0 radical (unpaired) electrons. The number of aryl methyl sites for hydroxylation is 2. The monoisotopic (exact) mass is 587 g/mol. The zero-order chi connectivity index (χ0) is 30.4. The van der Waals surface area contributed by atoms with Gasteiger partial charge in [0.15, 0.2) is 0 Å². The van der Waals surface area contributed by atoms with Crippen LogP contribution in [0.3, 0.4) is 0 Å². The van der Waals surface area contributed by atoms with Gasteiger partial charge in [0.25, 0.3) is 17.7 Å². The van der Waals surface area contributed by atoms with Crippen LogP contribution in [0.5, 0.6) is 0 Å². The number of carbonyl (C=O) groups excluding carboxylic acids is 2. The van der Waals surface area contributed by atoms with Crippen molar-refractivity contribution in [1.29, 1.82) is 0 Å². The fourth-order valence-corrected chi connectivity index (χ4v) is 5.29. The van der Waals surface area contributed by atoms with E-state index in [2.05, 4.69) is 25.8 Å². The van der Waals surface area contributed by atoms with Crippen LogP contribution in [0, 0.1) is 19.7 Å². The van der Waals surface area contributed by atoms with Gasteiger partial charge in [0.1, 0.15) is 28.4 Å². The van der Waals surface area contributed by atoms with Crippen LogP contribution in [0.25, 0.3) is 33.6 Å². The molecule has 7 rings (SSSR count). The van der Waals surface area contributed by atoms with Crippen molar-refractivity contribution >= 4 is 28.5 Å². The van der Waals surface area contributed by atoms with Crippen LogP contribution >= 0.6 is 0 Å². The first kappa shape index (κ1) is 27.2. The maximum atomic E-state index is 13.5. The van der Waals surface area contributed by atoms with Crippen LogP contribution < -0.4 is 10.6 Å². The summed E-state index contributed by atoms with van der Waals surface area (Å²) in [6.45, 7) is 3.69. The van der Waals surface area contributed by atoms with Gasteiger partial charge in [-0.15, -0.1) is 0 Å². The second kappa shape index (κ2) is 10.6. The Morgan fingerprint density at radius 2 is 1.75 bits per heavy atom. The van der Waals surface area contributed by atoms with Crippen LogP contribution in [0.2, 0.25) is 0 Å². The van der Waals surface area contributed by atoms with Gasteiger partial charge >= 0.3 is 0 Å². The van der Waals surface area contributed by atoms with Crippen molar-refractivity contribution in [3.8, 4) is 22.6 Å². The molecule has 1 aliphatic rings. The zero-order valence-corrected chi connectivity index (χ0v) is 23.8. The Kier molecular flexibility index (Phi) is 6.54. The van der Waals surface area contributed by atoms with Crippen molar-refractivity contribution < 1.29 is 22.9 Å². The topological polar surface area (TPSA) is 123 Å². The number of nitrogens with one attached hydrogen (secondary N) is 2. The molecule has 0 bridgehead atoms. The van der Waals surface area contributed by atoms with Crippen LogP contribution in [0.1, 0.15) is 50.8 Å². The summed E-state index contributed by atoms with van der Waals surface area (Å²) in [5.41, 5.74) is 4.37. The van der Waals surface area contributed by atoms with E-state index in [1.807, 2.05) is 49.4 Å². The maximum absolute atomic E-state index is 13.5. The summed E-state index contributed by atoms with van der Waals surface area (Å²) in [7, 11) is 0. The Labute approximate surface area is 251 Å². The predicted octanol–water partition coefficient (Wildman–Crippen LogP) is 6.97. The van der Waals surface area contributed by atoms with Gasteiger partial charge in [-0.2, -0.15) is 4.98 Å². The highest BCUT2D eigenvalue weighted by Gasteiger charge is 2.51. The number of furan rings is 1. The minimum atomic E-state index is -0.720. The van der Waals surface area contributed by atoms with E-state index in [9.17, 15) is 14.0 Å². The molecule has 218 valence electrons. The van der Waals surface area contributed by atoms with Gasteiger partial charge in [0.2, 0.25) is 5.82 Å². The number of anilines is 1. The number of aromatic nitrogens is 3. The van der Waals surface area contributed by atoms with Crippen molar-refractivity contribution in [2.24, 2.45) is 0 Å². The Morgan fingerprint density at radius 3 is 2.50 bits per heavy atom. The standard InChI is InChI=1S/C34H26FN5O4/c1-19-6-7-22(31(41)39-34(14-15-34)33-38-30(40-44-33)27-5-3-4-16-36-27)18-25(19)21-8-13-28-26(17-21)29(20(2)43-28)32(42)37-24-11-9-23(35)10-12-24/h3-13,16-18H,14-15H2,1-2H3,(H,37,42)(H,39,41). The number of hydrogen-bond donors (Lipinski definition) is 2. The highest BCUT2D eigenvalue weighted by molar-refractivity contribution is 6.14. The van der Waals surface area contributed by atoms with Crippen LogP contribution in [0.15, 0.2) is 94.0 Å². The molecule has 3 aromatic carbocycles. The van der Waals surface area contributed by atoms with E-state index in [1.165, 1.54) is 24.3 Å². The molecular formula is C34H26FN5O4. The fourth-order valence-electron chi connectivity index (χ4n) is 5.29. The van der Waals surface area contributed by atoms with E-state index in [0.29, 0.717) is 63.8 Å². The van der Waals surface area contributed by atoms with E-state index in [4.69, 9.17) is 8.94 Å². The van der Waals surface area contributed by atoms with Gasteiger partial charge in [-0.1, -0.05) is 23.4 Å². The molecule has 2 N–H and O–H groups in total. The van der Waals surface area contributed by atoms with Gasteiger partial charge in [-0.25, -0.2) is 4.39 Å². The molecule has 1 aliphatic carbocycles. The lowest BCUT2D eigenvalue weighted by Gasteiger charge is -2.14. The average molecular weight is 588 g/mol. The minimum Gasteiger partial charge on any atom is -0.461 e. The number of hydrogen-bond acceptors (Lipinski definition) is 7. The number of rotatable bonds is 7. The van der Waals surface area contributed by atoms with Crippen LogP contribution in [-0.4, -0.2) is 26.9 Å². The molecule has 0 atom stereocenters. The number of benzene rings is 3. The number of amides is 2.